The molecule has 0 aliphatic heterocycles. The Kier molecular flexibility index (Phi) is 5.60. The molecule has 1 heterocycles. The first-order valence-corrected chi connectivity index (χ1v) is 5.76. The Hall–Kier alpha value is -2.14. The van der Waals surface area contributed by atoms with Crippen molar-refractivity contribution in [1.29, 1.82) is 0 Å². The van der Waals surface area contributed by atoms with E-state index < -0.39 is 5.97 Å². The van der Waals surface area contributed by atoms with Crippen LogP contribution in [0.1, 0.15) is 31.7 Å². The van der Waals surface area contributed by atoms with Gasteiger partial charge < -0.3 is 4.74 Å². The molecule has 0 amide bonds. The third kappa shape index (κ3) is 4.03. The van der Waals surface area contributed by atoms with Crippen LogP contribution in [0.2, 0.25) is 0 Å². The molecular formula is C11H15N5O2. The van der Waals surface area contributed by atoms with Crippen LogP contribution in [0.25, 0.3) is 10.4 Å². The van der Waals surface area contributed by atoms with Gasteiger partial charge in [0.15, 0.2) is 0 Å². The lowest BCUT2D eigenvalue weighted by Crippen LogP contribution is -2.09. The number of hydrogen-bond acceptors (Lipinski definition) is 5. The highest BCUT2D eigenvalue weighted by Crippen LogP contribution is 2.17. The summed E-state index contributed by atoms with van der Waals surface area (Å²) in [6.45, 7) is 4.04. The molecule has 1 rings (SSSR count). The van der Waals surface area contributed by atoms with Gasteiger partial charge in [-0.2, -0.15) is 0 Å². The first-order valence-electron chi connectivity index (χ1n) is 5.76. The molecule has 0 bridgehead atoms. The van der Waals surface area contributed by atoms with Crippen molar-refractivity contribution in [2.75, 3.05) is 6.61 Å². The Morgan fingerprint density at radius 3 is 2.94 bits per heavy atom. The maximum Gasteiger partial charge on any atom is 0.310 e. The SMILES string of the molecule is CCCc1ncc(CC(=O)OCC)c(N=[N+]=[N-])n1. The van der Waals surface area contributed by atoms with Crippen LogP contribution in [-0.2, 0) is 22.4 Å². The molecule has 0 radical (unpaired) electrons. The van der Waals surface area contributed by atoms with Crippen molar-refractivity contribution in [1.82, 2.24) is 9.97 Å². The highest BCUT2D eigenvalue weighted by Gasteiger charge is 2.10. The van der Waals surface area contributed by atoms with E-state index in [1.807, 2.05) is 6.92 Å². The fourth-order valence-corrected chi connectivity index (χ4v) is 1.40. The van der Waals surface area contributed by atoms with E-state index in [9.17, 15) is 4.79 Å². The minimum Gasteiger partial charge on any atom is -0.466 e. The maximum absolute atomic E-state index is 11.4. The predicted molar refractivity (Wildman–Crippen MR) is 65.2 cm³/mol. The highest BCUT2D eigenvalue weighted by molar-refractivity contribution is 5.73. The third-order valence-electron chi connectivity index (χ3n) is 2.14. The molecule has 1 aromatic heterocycles. The zero-order valence-electron chi connectivity index (χ0n) is 10.5. The van der Waals surface area contributed by atoms with Crippen molar-refractivity contribution in [2.45, 2.75) is 33.1 Å². The number of nitrogens with zero attached hydrogens (tertiary/aromatic N) is 5. The summed E-state index contributed by atoms with van der Waals surface area (Å²) >= 11 is 0. The minimum atomic E-state index is -0.390. The quantitative estimate of drug-likeness (QED) is 0.334. The number of ether oxygens (including phenoxy) is 1. The molecule has 0 spiro atoms. The van der Waals surface area contributed by atoms with Gasteiger partial charge in [0, 0.05) is 23.1 Å². The van der Waals surface area contributed by atoms with Crippen LogP contribution in [0.5, 0.6) is 0 Å². The third-order valence-corrected chi connectivity index (χ3v) is 2.14. The zero-order chi connectivity index (χ0) is 13.4. The molecule has 0 aliphatic rings. The molecule has 7 nitrogen and oxygen atoms in total. The fourth-order valence-electron chi connectivity index (χ4n) is 1.40. The second kappa shape index (κ2) is 7.24. The molecule has 0 saturated heterocycles. The topological polar surface area (TPSA) is 101 Å². The van der Waals surface area contributed by atoms with Gasteiger partial charge in [0.05, 0.1) is 13.0 Å². The van der Waals surface area contributed by atoms with E-state index in [4.69, 9.17) is 10.3 Å². The number of carbonyl (C=O) groups excluding carboxylic acids is 1. The lowest BCUT2D eigenvalue weighted by molar-refractivity contribution is -0.142. The largest absolute Gasteiger partial charge is 0.466 e. The summed E-state index contributed by atoms with van der Waals surface area (Å²) < 4.78 is 4.83. The first-order chi connectivity index (χ1) is 8.71. The van der Waals surface area contributed by atoms with E-state index in [0.29, 0.717) is 24.4 Å². The Morgan fingerprint density at radius 2 is 2.33 bits per heavy atom. The Balaban J connectivity index is 2.96. The van der Waals surface area contributed by atoms with Gasteiger partial charge in [0.2, 0.25) is 0 Å². The summed E-state index contributed by atoms with van der Waals surface area (Å²) in [5, 5.41) is 3.48. The molecule has 0 fully saturated rings. The summed E-state index contributed by atoms with van der Waals surface area (Å²) in [5.74, 6) is 0.412. The van der Waals surface area contributed by atoms with Gasteiger partial charge in [0.25, 0.3) is 0 Å². The number of aromatic nitrogens is 2. The van der Waals surface area contributed by atoms with Gasteiger partial charge in [0.1, 0.15) is 11.6 Å². The summed E-state index contributed by atoms with van der Waals surface area (Å²) in [4.78, 5) is 22.3. The molecule has 0 N–H and O–H groups in total. The van der Waals surface area contributed by atoms with Crippen LogP contribution in [0, 0.1) is 0 Å². The van der Waals surface area contributed by atoms with Crippen molar-refractivity contribution >= 4 is 11.8 Å². The van der Waals surface area contributed by atoms with Crippen molar-refractivity contribution < 1.29 is 9.53 Å². The molecule has 0 aliphatic carbocycles. The molecule has 1 aromatic rings. The number of rotatable bonds is 6. The number of hydrogen-bond donors (Lipinski definition) is 0. The van der Waals surface area contributed by atoms with Crippen LogP contribution >= 0.6 is 0 Å². The fraction of sp³-hybridized carbons (Fsp3) is 0.545. The maximum atomic E-state index is 11.4. The Bertz CT molecular complexity index is 469. The lowest BCUT2D eigenvalue weighted by atomic mass is 10.2. The summed E-state index contributed by atoms with van der Waals surface area (Å²) in [6.07, 6.45) is 3.12. The first kappa shape index (κ1) is 13.9. The number of carbonyl (C=O) groups is 1. The Morgan fingerprint density at radius 1 is 1.56 bits per heavy atom. The highest BCUT2D eigenvalue weighted by atomic mass is 16.5. The second-order valence-electron chi connectivity index (χ2n) is 3.56. The van der Waals surface area contributed by atoms with Crippen LogP contribution in [-0.4, -0.2) is 22.5 Å². The second-order valence-corrected chi connectivity index (χ2v) is 3.56. The van der Waals surface area contributed by atoms with Crippen molar-refractivity contribution in [3.63, 3.8) is 0 Å². The molecule has 7 heteroatoms. The van der Waals surface area contributed by atoms with Gasteiger partial charge >= 0.3 is 5.97 Å². The minimum absolute atomic E-state index is 0.00853. The molecule has 0 saturated carbocycles. The smallest absolute Gasteiger partial charge is 0.310 e. The Labute approximate surface area is 105 Å². The van der Waals surface area contributed by atoms with Gasteiger partial charge in [-0.25, -0.2) is 9.97 Å². The van der Waals surface area contributed by atoms with E-state index in [2.05, 4.69) is 20.0 Å². The van der Waals surface area contributed by atoms with Crippen LogP contribution in [0.15, 0.2) is 11.3 Å². The van der Waals surface area contributed by atoms with Gasteiger partial charge in [-0.05, 0) is 24.0 Å². The normalized spacial score (nSPS) is 9.67. The van der Waals surface area contributed by atoms with E-state index in [0.717, 1.165) is 6.42 Å². The molecule has 96 valence electrons. The summed E-state index contributed by atoms with van der Waals surface area (Å²) in [7, 11) is 0. The van der Waals surface area contributed by atoms with Crippen LogP contribution in [0.4, 0.5) is 5.82 Å². The summed E-state index contributed by atoms with van der Waals surface area (Å²) in [5.41, 5.74) is 8.96. The lowest BCUT2D eigenvalue weighted by Gasteiger charge is -2.05. The molecular weight excluding hydrogens is 234 g/mol. The average Bonchev–Trinajstić information content (AvgIpc) is 2.33. The molecule has 0 aromatic carbocycles. The van der Waals surface area contributed by atoms with E-state index in [-0.39, 0.29) is 12.2 Å². The molecule has 0 atom stereocenters. The zero-order valence-corrected chi connectivity index (χ0v) is 10.5. The van der Waals surface area contributed by atoms with E-state index in [1.165, 1.54) is 6.20 Å². The van der Waals surface area contributed by atoms with Crippen molar-refractivity contribution in [3.8, 4) is 0 Å². The van der Waals surface area contributed by atoms with Crippen molar-refractivity contribution in [3.05, 3.63) is 28.0 Å². The van der Waals surface area contributed by atoms with Gasteiger partial charge in [-0.3, -0.25) is 4.79 Å². The molecule has 18 heavy (non-hydrogen) atoms. The van der Waals surface area contributed by atoms with Gasteiger partial charge in [-0.15, -0.1) is 0 Å². The number of aryl methyl sites for hydroxylation is 1. The number of esters is 1. The molecule has 0 unspecified atom stereocenters. The van der Waals surface area contributed by atoms with Gasteiger partial charge in [-0.1, -0.05) is 6.92 Å². The van der Waals surface area contributed by atoms with Crippen LogP contribution in [0.3, 0.4) is 0 Å². The standard InChI is InChI=1S/C11H15N5O2/c1-3-5-9-13-7-8(6-10(17)18-4-2)11(14-9)15-16-12/h7H,3-6H2,1-2H3. The predicted octanol–water partition coefficient (Wildman–Crippen LogP) is 2.48. The van der Waals surface area contributed by atoms with Crippen molar-refractivity contribution in [2.24, 2.45) is 5.11 Å². The number of azide groups is 1. The van der Waals surface area contributed by atoms with E-state index in [1.54, 1.807) is 6.92 Å². The van der Waals surface area contributed by atoms with E-state index >= 15 is 0 Å². The summed E-state index contributed by atoms with van der Waals surface area (Å²) in [6, 6.07) is 0. The van der Waals surface area contributed by atoms with Crippen LogP contribution < -0.4 is 0 Å². The monoisotopic (exact) mass is 249 g/mol. The average molecular weight is 249 g/mol.